The van der Waals surface area contributed by atoms with E-state index in [1.54, 1.807) is 30.2 Å². The van der Waals surface area contributed by atoms with Crippen molar-refractivity contribution in [2.45, 2.75) is 32.8 Å². The summed E-state index contributed by atoms with van der Waals surface area (Å²) in [6.45, 7) is 4.63. The number of nitrogens with zero attached hydrogens (tertiary/aromatic N) is 1. The molecular weight excluding hydrogens is 434 g/mol. The number of aliphatic carboxylic acids is 1. The normalized spacial score (nSPS) is 16.8. The van der Waals surface area contributed by atoms with E-state index in [0.717, 1.165) is 11.1 Å². The lowest BCUT2D eigenvalue weighted by atomic mass is 9.97. The summed E-state index contributed by atoms with van der Waals surface area (Å²) in [6.07, 6.45) is -0.0457. The predicted octanol–water partition coefficient (Wildman–Crippen LogP) is 4.70. The number of carboxylic acids is 1. The van der Waals surface area contributed by atoms with E-state index in [0.29, 0.717) is 41.8 Å². The summed E-state index contributed by atoms with van der Waals surface area (Å²) >= 11 is 6.32. The minimum Gasteiger partial charge on any atom is -0.496 e. The van der Waals surface area contributed by atoms with Gasteiger partial charge in [0.15, 0.2) is 0 Å². The third-order valence-electron chi connectivity index (χ3n) is 5.38. The highest BCUT2D eigenvalue weighted by atomic mass is 35.5. The van der Waals surface area contributed by atoms with Gasteiger partial charge in [0.2, 0.25) is 0 Å². The molecule has 2 aromatic carbocycles. The van der Waals surface area contributed by atoms with Gasteiger partial charge >= 0.3 is 5.97 Å². The van der Waals surface area contributed by atoms with E-state index in [2.05, 4.69) is 0 Å². The number of ether oxygens (including phenoxy) is 3. The van der Waals surface area contributed by atoms with Crippen LogP contribution < -0.4 is 14.4 Å². The Balaban J connectivity index is 2.00. The molecule has 1 heterocycles. The molecule has 2 unspecified atom stereocenters. The van der Waals surface area contributed by atoms with Crippen molar-refractivity contribution in [1.82, 2.24) is 0 Å². The van der Waals surface area contributed by atoms with Crippen molar-refractivity contribution >= 4 is 29.2 Å². The molecule has 3 rings (SSSR count). The van der Waals surface area contributed by atoms with E-state index in [1.807, 2.05) is 32.0 Å². The average molecular weight is 462 g/mol. The number of carboxylic acid groups (broad SMARTS) is 1. The first-order chi connectivity index (χ1) is 15.3. The number of amides is 1. The molecule has 1 aliphatic heterocycles. The molecule has 0 aromatic heterocycles. The number of fused-ring (bicyclic) bond motifs is 1. The molecule has 1 aliphatic rings. The molecule has 2 atom stereocenters. The number of methoxy groups -OCH3 is 1. The molecule has 0 radical (unpaired) electrons. The minimum atomic E-state index is -0.850. The molecule has 0 saturated heterocycles. The Kier molecular flexibility index (Phi) is 7.99. The van der Waals surface area contributed by atoms with Crippen LogP contribution in [0.25, 0.3) is 0 Å². The zero-order chi connectivity index (χ0) is 23.3. The quantitative estimate of drug-likeness (QED) is 0.582. The van der Waals surface area contributed by atoms with E-state index in [4.69, 9.17) is 30.9 Å². The van der Waals surface area contributed by atoms with Crippen molar-refractivity contribution in [2.75, 3.05) is 31.8 Å². The Labute approximate surface area is 192 Å². The Hall–Kier alpha value is -2.77. The first-order valence-electron chi connectivity index (χ1n) is 10.6. The van der Waals surface area contributed by atoms with Gasteiger partial charge in [-0.25, -0.2) is 0 Å². The van der Waals surface area contributed by atoms with E-state index >= 15 is 0 Å². The zero-order valence-corrected chi connectivity index (χ0v) is 19.2. The highest BCUT2D eigenvalue weighted by Crippen LogP contribution is 2.42. The fourth-order valence-corrected chi connectivity index (χ4v) is 4.01. The summed E-state index contributed by atoms with van der Waals surface area (Å²) in [5, 5.41) is 9.50. The predicted molar refractivity (Wildman–Crippen MR) is 122 cm³/mol. The molecule has 0 saturated carbocycles. The largest absolute Gasteiger partial charge is 0.496 e. The second-order valence-electron chi connectivity index (χ2n) is 7.77. The highest BCUT2D eigenvalue weighted by molar-refractivity contribution is 6.30. The fraction of sp³-hybridized carbons (Fsp3) is 0.417. The summed E-state index contributed by atoms with van der Waals surface area (Å²) in [5.74, 6) is 0.219. The summed E-state index contributed by atoms with van der Waals surface area (Å²) < 4.78 is 17.2. The van der Waals surface area contributed by atoms with Crippen LogP contribution in [0.3, 0.4) is 0 Å². The van der Waals surface area contributed by atoms with E-state index < -0.39 is 12.1 Å². The molecule has 8 heteroatoms. The van der Waals surface area contributed by atoms with Gasteiger partial charge in [-0.05, 0) is 49.6 Å². The van der Waals surface area contributed by atoms with Crippen molar-refractivity contribution in [3.63, 3.8) is 0 Å². The van der Waals surface area contributed by atoms with Crippen molar-refractivity contribution in [1.29, 1.82) is 0 Å². The number of carbonyl (C=O) groups excluding carboxylic acids is 1. The van der Waals surface area contributed by atoms with Crippen LogP contribution in [-0.4, -0.2) is 43.9 Å². The average Bonchev–Trinajstić information content (AvgIpc) is 2.89. The SMILES string of the molecule is CCOc1ccc(C2OCC(=O)N(CC(C)CCC(=O)O)c3ccc(Cl)cc32)c(OC)c1. The van der Waals surface area contributed by atoms with Crippen LogP contribution in [0.4, 0.5) is 5.69 Å². The van der Waals surface area contributed by atoms with Crippen molar-refractivity contribution in [2.24, 2.45) is 5.92 Å². The van der Waals surface area contributed by atoms with Gasteiger partial charge in [-0.1, -0.05) is 18.5 Å². The van der Waals surface area contributed by atoms with E-state index in [9.17, 15) is 9.59 Å². The lowest BCUT2D eigenvalue weighted by Crippen LogP contribution is -2.36. The van der Waals surface area contributed by atoms with Crippen LogP contribution in [0.2, 0.25) is 5.02 Å². The summed E-state index contributed by atoms with van der Waals surface area (Å²) in [7, 11) is 1.58. The summed E-state index contributed by atoms with van der Waals surface area (Å²) in [4.78, 5) is 25.6. The van der Waals surface area contributed by atoms with E-state index in [-0.39, 0.29) is 24.9 Å². The highest BCUT2D eigenvalue weighted by Gasteiger charge is 2.32. The van der Waals surface area contributed by atoms with E-state index in [1.165, 1.54) is 0 Å². The minimum absolute atomic E-state index is 0.00450. The second-order valence-corrected chi connectivity index (χ2v) is 8.21. The Morgan fingerprint density at radius 3 is 2.75 bits per heavy atom. The molecule has 2 aromatic rings. The molecular formula is C24H28ClNO6. The molecule has 1 amide bonds. The van der Waals surface area contributed by atoms with Gasteiger partial charge in [0.1, 0.15) is 24.2 Å². The monoisotopic (exact) mass is 461 g/mol. The smallest absolute Gasteiger partial charge is 0.303 e. The van der Waals surface area contributed by atoms with Crippen molar-refractivity contribution in [3.8, 4) is 11.5 Å². The van der Waals surface area contributed by atoms with Gasteiger partial charge in [0.25, 0.3) is 5.91 Å². The number of carbonyl (C=O) groups is 2. The Bertz CT molecular complexity index is 979. The first-order valence-corrected chi connectivity index (χ1v) is 11.0. The molecule has 172 valence electrons. The summed E-state index contributed by atoms with van der Waals surface area (Å²) in [6, 6.07) is 10.8. The van der Waals surface area contributed by atoms with Crippen LogP contribution in [-0.2, 0) is 14.3 Å². The number of hydrogen-bond acceptors (Lipinski definition) is 5. The molecule has 7 nitrogen and oxygen atoms in total. The maximum atomic E-state index is 13.0. The Morgan fingerprint density at radius 2 is 2.06 bits per heavy atom. The van der Waals surface area contributed by atoms with Gasteiger partial charge in [-0.2, -0.15) is 0 Å². The van der Waals surface area contributed by atoms with Crippen LogP contribution in [0.1, 0.15) is 43.9 Å². The Morgan fingerprint density at radius 1 is 1.28 bits per heavy atom. The number of hydrogen-bond donors (Lipinski definition) is 1. The van der Waals surface area contributed by atoms with Crippen molar-refractivity contribution < 1.29 is 28.9 Å². The molecule has 0 spiro atoms. The molecule has 0 bridgehead atoms. The fourth-order valence-electron chi connectivity index (χ4n) is 3.83. The van der Waals surface area contributed by atoms with Gasteiger partial charge in [-0.3, -0.25) is 9.59 Å². The summed E-state index contributed by atoms with van der Waals surface area (Å²) in [5.41, 5.74) is 2.20. The molecule has 0 fully saturated rings. The lowest BCUT2D eigenvalue weighted by Gasteiger charge is -2.26. The maximum absolute atomic E-state index is 13.0. The number of rotatable bonds is 9. The molecule has 1 N–H and O–H groups in total. The number of halogens is 1. The van der Waals surface area contributed by atoms with Crippen LogP contribution >= 0.6 is 11.6 Å². The van der Waals surface area contributed by atoms with Gasteiger partial charge in [0, 0.05) is 40.9 Å². The van der Waals surface area contributed by atoms with Crippen LogP contribution in [0, 0.1) is 5.92 Å². The van der Waals surface area contributed by atoms with Gasteiger partial charge < -0.3 is 24.2 Å². The molecule has 32 heavy (non-hydrogen) atoms. The topological polar surface area (TPSA) is 85.3 Å². The van der Waals surface area contributed by atoms with Gasteiger partial charge in [-0.15, -0.1) is 0 Å². The maximum Gasteiger partial charge on any atom is 0.303 e. The van der Waals surface area contributed by atoms with Gasteiger partial charge in [0.05, 0.1) is 13.7 Å². The lowest BCUT2D eigenvalue weighted by molar-refractivity contribution is -0.137. The molecule has 0 aliphatic carbocycles. The van der Waals surface area contributed by atoms with Crippen LogP contribution in [0.5, 0.6) is 11.5 Å². The van der Waals surface area contributed by atoms with Crippen LogP contribution in [0.15, 0.2) is 36.4 Å². The number of anilines is 1. The zero-order valence-electron chi connectivity index (χ0n) is 18.5. The third kappa shape index (κ3) is 5.53. The van der Waals surface area contributed by atoms with Crippen molar-refractivity contribution in [3.05, 3.63) is 52.5 Å². The first kappa shape index (κ1) is 23.9. The third-order valence-corrected chi connectivity index (χ3v) is 5.62. The second kappa shape index (κ2) is 10.7. The standard InChI is InChI=1S/C24H28ClNO6/c1-4-31-17-7-8-18(21(12-17)30-3)24-19-11-16(25)6-9-20(19)26(22(27)14-32-24)13-15(2)5-10-23(28)29/h6-9,11-12,15,24H,4-5,10,13-14H2,1-3H3,(H,28,29). The number of benzene rings is 2.